The molecule has 1 aromatic heterocycles. The monoisotopic (exact) mass is 211 g/mol. The Morgan fingerprint density at radius 3 is 3.00 bits per heavy atom. The van der Waals surface area contributed by atoms with Gasteiger partial charge in [-0.2, -0.15) is 4.57 Å². The highest BCUT2D eigenvalue weighted by atomic mass is 32.2. The van der Waals surface area contributed by atoms with E-state index in [0.29, 0.717) is 11.6 Å². The molecule has 1 N–H and O–H groups in total. The van der Waals surface area contributed by atoms with Gasteiger partial charge in [0.15, 0.2) is 18.0 Å². The van der Waals surface area contributed by atoms with Crippen LogP contribution in [0.2, 0.25) is 0 Å². The molecule has 0 spiro atoms. The van der Waals surface area contributed by atoms with Gasteiger partial charge in [-0.25, -0.2) is 0 Å². The molecule has 1 aliphatic rings. The van der Waals surface area contributed by atoms with E-state index >= 15 is 0 Å². The average Bonchev–Trinajstić information content (AvgIpc) is 2.57. The second kappa shape index (κ2) is 3.16. The SMILES string of the molecule is Cc1ccc(O)c2[n+]1CC(C(=O)[O-])S2. The van der Waals surface area contributed by atoms with Gasteiger partial charge in [0.2, 0.25) is 0 Å². The minimum absolute atomic E-state index is 0.129. The summed E-state index contributed by atoms with van der Waals surface area (Å²) in [5, 5.41) is 20.2. The van der Waals surface area contributed by atoms with Gasteiger partial charge in [-0.3, -0.25) is 0 Å². The van der Waals surface area contributed by atoms with Gasteiger partial charge in [0.1, 0.15) is 5.25 Å². The van der Waals surface area contributed by atoms with Gasteiger partial charge in [0, 0.05) is 13.0 Å². The zero-order valence-corrected chi connectivity index (χ0v) is 8.37. The maximum atomic E-state index is 10.7. The van der Waals surface area contributed by atoms with Crippen LogP contribution < -0.4 is 9.67 Å². The number of carbonyl (C=O) groups excluding carboxylic acids is 1. The topological polar surface area (TPSA) is 64.2 Å². The number of thioether (sulfide) groups is 1. The fraction of sp³-hybridized carbons (Fsp3) is 0.333. The highest BCUT2D eigenvalue weighted by Gasteiger charge is 2.34. The van der Waals surface area contributed by atoms with E-state index in [1.165, 1.54) is 0 Å². The molecule has 5 heteroatoms. The third kappa shape index (κ3) is 1.33. The van der Waals surface area contributed by atoms with Crippen LogP contribution in [0.3, 0.4) is 0 Å². The molecule has 0 bridgehead atoms. The number of aromatic hydroxyl groups is 1. The molecular weight excluding hydrogens is 202 g/mol. The summed E-state index contributed by atoms with van der Waals surface area (Å²) in [5.74, 6) is -0.957. The van der Waals surface area contributed by atoms with Crippen LogP contribution in [0.25, 0.3) is 0 Å². The zero-order chi connectivity index (χ0) is 10.3. The Balaban J connectivity index is 2.43. The van der Waals surface area contributed by atoms with Crippen LogP contribution in [0.5, 0.6) is 5.75 Å². The number of aliphatic carboxylic acids is 1. The number of rotatable bonds is 1. The lowest BCUT2D eigenvalue weighted by Gasteiger charge is -2.02. The number of fused-ring (bicyclic) bond motifs is 1. The van der Waals surface area contributed by atoms with Gasteiger partial charge in [-0.1, -0.05) is 0 Å². The summed E-state index contributed by atoms with van der Waals surface area (Å²) in [5.41, 5.74) is 0.939. The van der Waals surface area contributed by atoms with E-state index in [9.17, 15) is 15.0 Å². The van der Waals surface area contributed by atoms with E-state index in [1.54, 1.807) is 16.7 Å². The summed E-state index contributed by atoms with van der Waals surface area (Å²) in [7, 11) is 0. The Hall–Kier alpha value is -1.23. The van der Waals surface area contributed by atoms with Crippen LogP contribution >= 0.6 is 11.8 Å². The lowest BCUT2D eigenvalue weighted by Crippen LogP contribution is -2.43. The third-order valence-corrected chi connectivity index (χ3v) is 3.52. The first kappa shape index (κ1) is 9.33. The average molecular weight is 211 g/mol. The third-order valence-electron chi connectivity index (χ3n) is 2.24. The van der Waals surface area contributed by atoms with E-state index in [1.807, 2.05) is 6.92 Å². The minimum Gasteiger partial charge on any atom is -0.549 e. The number of nitrogens with zero attached hydrogens (tertiary/aromatic N) is 1. The summed E-state index contributed by atoms with van der Waals surface area (Å²) < 4.78 is 1.79. The predicted molar refractivity (Wildman–Crippen MR) is 47.7 cm³/mol. The van der Waals surface area contributed by atoms with Crippen LogP contribution in [0.4, 0.5) is 0 Å². The fourth-order valence-electron chi connectivity index (χ4n) is 1.47. The molecule has 14 heavy (non-hydrogen) atoms. The van der Waals surface area contributed by atoms with Crippen LogP contribution in [-0.4, -0.2) is 16.3 Å². The van der Waals surface area contributed by atoms with Gasteiger partial charge in [0.25, 0.3) is 5.03 Å². The van der Waals surface area contributed by atoms with E-state index < -0.39 is 11.2 Å². The first-order valence-corrected chi connectivity index (χ1v) is 5.07. The van der Waals surface area contributed by atoms with Gasteiger partial charge < -0.3 is 15.0 Å². The number of carboxylic acid groups (broad SMARTS) is 1. The molecule has 0 radical (unpaired) electrons. The van der Waals surface area contributed by atoms with Gasteiger partial charge in [-0.15, -0.1) is 0 Å². The molecule has 2 heterocycles. The van der Waals surface area contributed by atoms with Crippen molar-refractivity contribution in [3.63, 3.8) is 0 Å². The van der Waals surface area contributed by atoms with Crippen molar-refractivity contribution in [2.75, 3.05) is 0 Å². The second-order valence-electron chi connectivity index (χ2n) is 3.20. The molecule has 2 rings (SSSR count). The largest absolute Gasteiger partial charge is 0.549 e. The first-order valence-electron chi connectivity index (χ1n) is 4.19. The molecule has 0 aliphatic carbocycles. The second-order valence-corrected chi connectivity index (χ2v) is 4.39. The standard InChI is InChI=1S/C9H9NO3S/c1-5-2-3-6(11)8-10(5)4-7(14-8)9(12)13/h2-3,7H,4H2,1H3,(H-,11,12,13). The smallest absolute Gasteiger partial charge is 0.283 e. The highest BCUT2D eigenvalue weighted by molar-refractivity contribution is 8.00. The number of pyridine rings is 1. The normalized spacial score (nSPS) is 19.4. The summed E-state index contributed by atoms with van der Waals surface area (Å²) in [6.45, 7) is 2.24. The number of aryl methyl sites for hydroxylation is 1. The number of hydrogen-bond acceptors (Lipinski definition) is 4. The molecule has 1 aliphatic heterocycles. The molecule has 1 unspecified atom stereocenters. The van der Waals surface area contributed by atoms with E-state index in [-0.39, 0.29) is 5.75 Å². The Morgan fingerprint density at radius 2 is 2.43 bits per heavy atom. The molecule has 0 saturated heterocycles. The molecule has 4 nitrogen and oxygen atoms in total. The van der Waals surface area contributed by atoms with Crippen molar-refractivity contribution in [2.24, 2.45) is 0 Å². The quantitative estimate of drug-likeness (QED) is 0.618. The van der Waals surface area contributed by atoms with Crippen molar-refractivity contribution in [3.8, 4) is 5.75 Å². The van der Waals surface area contributed by atoms with Crippen molar-refractivity contribution in [1.82, 2.24) is 0 Å². The molecule has 74 valence electrons. The maximum Gasteiger partial charge on any atom is 0.283 e. The van der Waals surface area contributed by atoms with Crippen LogP contribution in [-0.2, 0) is 11.3 Å². The van der Waals surface area contributed by atoms with Gasteiger partial charge in [-0.05, 0) is 17.8 Å². The number of carbonyl (C=O) groups is 1. The summed E-state index contributed by atoms with van der Waals surface area (Å²) in [6, 6.07) is 3.34. The lowest BCUT2D eigenvalue weighted by molar-refractivity contribution is -0.731. The predicted octanol–water partition coefficient (Wildman–Crippen LogP) is -0.788. The molecule has 1 aromatic rings. The van der Waals surface area contributed by atoms with Gasteiger partial charge in [0.05, 0.1) is 5.97 Å². The highest BCUT2D eigenvalue weighted by Crippen LogP contribution is 2.33. The molecule has 0 fully saturated rings. The van der Waals surface area contributed by atoms with Crippen molar-refractivity contribution >= 4 is 17.7 Å². The molecule has 1 atom stereocenters. The lowest BCUT2D eigenvalue weighted by atomic mass is 10.3. The van der Waals surface area contributed by atoms with Crippen LogP contribution in [0, 0.1) is 6.92 Å². The summed E-state index contributed by atoms with van der Waals surface area (Å²) >= 11 is 1.14. The van der Waals surface area contributed by atoms with E-state index in [4.69, 9.17) is 0 Å². The first-order chi connectivity index (χ1) is 6.59. The van der Waals surface area contributed by atoms with Crippen molar-refractivity contribution in [1.29, 1.82) is 0 Å². The zero-order valence-electron chi connectivity index (χ0n) is 7.56. The fourth-order valence-corrected chi connectivity index (χ4v) is 2.59. The number of carboxylic acids is 1. The summed E-state index contributed by atoms with van der Waals surface area (Å²) in [6.07, 6.45) is 0. The van der Waals surface area contributed by atoms with Crippen LogP contribution in [0.15, 0.2) is 17.2 Å². The Morgan fingerprint density at radius 1 is 1.71 bits per heavy atom. The Kier molecular flexibility index (Phi) is 2.11. The van der Waals surface area contributed by atoms with Crippen LogP contribution in [0.1, 0.15) is 5.69 Å². The van der Waals surface area contributed by atoms with E-state index in [2.05, 4.69) is 0 Å². The molecular formula is C9H9NO3S. The molecule has 0 saturated carbocycles. The van der Waals surface area contributed by atoms with Crippen molar-refractivity contribution in [2.45, 2.75) is 23.7 Å². The maximum absolute atomic E-state index is 10.7. The Labute approximate surface area is 85.2 Å². The van der Waals surface area contributed by atoms with Crippen molar-refractivity contribution < 1.29 is 19.6 Å². The van der Waals surface area contributed by atoms with Gasteiger partial charge >= 0.3 is 0 Å². The number of aromatic nitrogens is 1. The van der Waals surface area contributed by atoms with E-state index in [0.717, 1.165) is 17.5 Å². The Bertz CT molecular complexity index is 374. The number of hydrogen-bond donors (Lipinski definition) is 1. The van der Waals surface area contributed by atoms with Crippen molar-refractivity contribution in [3.05, 3.63) is 17.8 Å². The molecule has 0 amide bonds. The molecule has 0 aromatic carbocycles. The minimum atomic E-state index is -1.09. The summed E-state index contributed by atoms with van der Waals surface area (Å²) in [4.78, 5) is 10.7.